The maximum absolute atomic E-state index is 12.2. The first-order chi connectivity index (χ1) is 10.0. The molecule has 0 aromatic heterocycles. The fourth-order valence-corrected chi connectivity index (χ4v) is 3.51. The molecule has 0 spiro atoms. The number of rotatable bonds is 9. The van der Waals surface area contributed by atoms with Crippen LogP contribution in [0.5, 0.6) is 0 Å². The molecule has 0 heterocycles. The summed E-state index contributed by atoms with van der Waals surface area (Å²) < 4.78 is 27.0. The van der Waals surface area contributed by atoms with Crippen LogP contribution >= 0.6 is 0 Å². The Morgan fingerprint density at radius 3 is 2.48 bits per heavy atom. The van der Waals surface area contributed by atoms with E-state index in [0.29, 0.717) is 23.3 Å². The summed E-state index contributed by atoms with van der Waals surface area (Å²) in [5.74, 6) is 1.18. The second kappa shape index (κ2) is 7.38. The normalized spacial score (nSPS) is 21.4. The van der Waals surface area contributed by atoms with E-state index >= 15 is 0 Å². The van der Waals surface area contributed by atoms with Crippen molar-refractivity contribution in [2.75, 3.05) is 19.6 Å². The molecule has 1 aliphatic carbocycles. The smallest absolute Gasteiger partial charge is 0.240 e. The van der Waals surface area contributed by atoms with Crippen LogP contribution in [0.15, 0.2) is 29.2 Å². The molecule has 2 atom stereocenters. The molecule has 118 valence electrons. The zero-order valence-electron chi connectivity index (χ0n) is 12.9. The molecule has 2 rings (SSSR count). The molecule has 1 aromatic rings. The Morgan fingerprint density at radius 2 is 1.90 bits per heavy atom. The average Bonchev–Trinajstić information content (AvgIpc) is 3.18. The van der Waals surface area contributed by atoms with E-state index in [0.717, 1.165) is 32.4 Å². The third-order valence-corrected chi connectivity index (χ3v) is 5.55. The highest BCUT2D eigenvalue weighted by Gasteiger charge is 2.33. The minimum Gasteiger partial charge on any atom is -0.317 e. The van der Waals surface area contributed by atoms with Gasteiger partial charge in [0.25, 0.3) is 0 Å². The molecule has 5 heteroatoms. The van der Waals surface area contributed by atoms with Gasteiger partial charge in [-0.1, -0.05) is 26.0 Å². The summed E-state index contributed by atoms with van der Waals surface area (Å²) in [7, 11) is -3.35. The van der Waals surface area contributed by atoms with Crippen LogP contribution in [0.2, 0.25) is 0 Å². The number of aryl methyl sites for hydroxylation is 1. The van der Waals surface area contributed by atoms with Crippen LogP contribution in [0.1, 0.15) is 32.3 Å². The van der Waals surface area contributed by atoms with Gasteiger partial charge in [-0.05, 0) is 61.9 Å². The lowest BCUT2D eigenvalue weighted by Crippen LogP contribution is -2.26. The maximum atomic E-state index is 12.2. The quantitative estimate of drug-likeness (QED) is 0.687. The van der Waals surface area contributed by atoms with Gasteiger partial charge in [0.2, 0.25) is 10.0 Å². The Kier molecular flexibility index (Phi) is 5.79. The van der Waals surface area contributed by atoms with Crippen molar-refractivity contribution >= 4 is 10.0 Å². The molecular weight excluding hydrogens is 284 g/mol. The molecule has 0 radical (unpaired) electrons. The summed E-state index contributed by atoms with van der Waals surface area (Å²) in [6, 6.07) is 7.25. The molecule has 21 heavy (non-hydrogen) atoms. The summed E-state index contributed by atoms with van der Waals surface area (Å²) >= 11 is 0. The third kappa shape index (κ3) is 5.09. The van der Waals surface area contributed by atoms with Crippen LogP contribution < -0.4 is 10.0 Å². The lowest BCUT2D eigenvalue weighted by atomic mass is 10.1. The number of hydrogen-bond donors (Lipinski definition) is 2. The van der Waals surface area contributed by atoms with E-state index < -0.39 is 10.0 Å². The minimum absolute atomic E-state index is 0.367. The fraction of sp³-hybridized carbons (Fsp3) is 0.625. The van der Waals surface area contributed by atoms with Crippen molar-refractivity contribution in [3.63, 3.8) is 0 Å². The molecule has 2 unspecified atom stereocenters. The summed E-state index contributed by atoms with van der Waals surface area (Å²) in [6.07, 6.45) is 3.17. The molecule has 1 fully saturated rings. The van der Waals surface area contributed by atoms with Crippen molar-refractivity contribution in [2.24, 2.45) is 11.8 Å². The molecule has 1 saturated carbocycles. The first-order valence-corrected chi connectivity index (χ1v) is 9.30. The van der Waals surface area contributed by atoms with Gasteiger partial charge >= 0.3 is 0 Å². The van der Waals surface area contributed by atoms with Gasteiger partial charge in [-0.2, -0.15) is 0 Å². The summed E-state index contributed by atoms with van der Waals surface area (Å²) in [6.45, 7) is 6.80. The first kappa shape index (κ1) is 16.5. The van der Waals surface area contributed by atoms with Crippen LogP contribution in [0.3, 0.4) is 0 Å². The van der Waals surface area contributed by atoms with Crippen molar-refractivity contribution in [3.05, 3.63) is 29.8 Å². The third-order valence-electron chi connectivity index (χ3n) is 4.11. The van der Waals surface area contributed by atoms with Gasteiger partial charge in [0.1, 0.15) is 0 Å². The minimum atomic E-state index is -3.35. The summed E-state index contributed by atoms with van der Waals surface area (Å²) in [4.78, 5) is 0.367. The Hall–Kier alpha value is -0.910. The largest absolute Gasteiger partial charge is 0.317 e. The monoisotopic (exact) mass is 310 g/mol. The summed E-state index contributed by atoms with van der Waals surface area (Å²) in [5, 5.41) is 3.28. The Morgan fingerprint density at radius 1 is 1.24 bits per heavy atom. The highest BCUT2D eigenvalue weighted by Crippen LogP contribution is 2.37. The predicted octanol–water partition coefficient (Wildman–Crippen LogP) is 2.16. The molecule has 0 amide bonds. The number of hydrogen-bond acceptors (Lipinski definition) is 3. The Labute approximate surface area is 128 Å². The van der Waals surface area contributed by atoms with Gasteiger partial charge in [0, 0.05) is 6.54 Å². The van der Waals surface area contributed by atoms with Gasteiger partial charge in [-0.15, -0.1) is 0 Å². The van der Waals surface area contributed by atoms with Crippen LogP contribution in [-0.4, -0.2) is 28.1 Å². The van der Waals surface area contributed by atoms with Gasteiger partial charge in [-0.25, -0.2) is 13.1 Å². The Balaban J connectivity index is 1.85. The van der Waals surface area contributed by atoms with Gasteiger partial charge < -0.3 is 5.32 Å². The van der Waals surface area contributed by atoms with Gasteiger partial charge in [-0.3, -0.25) is 0 Å². The van der Waals surface area contributed by atoms with E-state index in [4.69, 9.17) is 0 Å². The van der Waals surface area contributed by atoms with Crippen molar-refractivity contribution in [1.29, 1.82) is 0 Å². The molecule has 1 aromatic carbocycles. The molecule has 0 saturated heterocycles. The van der Waals surface area contributed by atoms with E-state index in [1.54, 1.807) is 12.1 Å². The summed E-state index contributed by atoms with van der Waals surface area (Å²) in [5.41, 5.74) is 1.18. The second-order valence-electron chi connectivity index (χ2n) is 5.93. The van der Waals surface area contributed by atoms with Crippen molar-refractivity contribution in [2.45, 2.75) is 38.0 Å². The van der Waals surface area contributed by atoms with E-state index in [2.05, 4.69) is 23.9 Å². The van der Waals surface area contributed by atoms with Crippen LogP contribution in [0, 0.1) is 11.8 Å². The number of nitrogens with one attached hydrogen (secondary N) is 2. The van der Waals surface area contributed by atoms with Crippen LogP contribution in [0.25, 0.3) is 0 Å². The SMILES string of the molecule is CCNCCCc1ccc(S(=O)(=O)NCC2CC2C)cc1. The van der Waals surface area contributed by atoms with Gasteiger partial charge in [0.05, 0.1) is 4.90 Å². The highest BCUT2D eigenvalue weighted by molar-refractivity contribution is 7.89. The molecule has 1 aliphatic rings. The highest BCUT2D eigenvalue weighted by atomic mass is 32.2. The second-order valence-corrected chi connectivity index (χ2v) is 7.69. The molecule has 0 bridgehead atoms. The first-order valence-electron chi connectivity index (χ1n) is 7.82. The molecule has 2 N–H and O–H groups in total. The lowest BCUT2D eigenvalue weighted by Gasteiger charge is -2.07. The molecule has 0 aliphatic heterocycles. The lowest BCUT2D eigenvalue weighted by molar-refractivity contribution is 0.574. The zero-order valence-corrected chi connectivity index (χ0v) is 13.7. The Bertz CT molecular complexity index is 540. The number of sulfonamides is 1. The zero-order chi connectivity index (χ0) is 15.3. The van der Waals surface area contributed by atoms with Crippen LogP contribution in [-0.2, 0) is 16.4 Å². The molecule has 4 nitrogen and oxygen atoms in total. The van der Waals surface area contributed by atoms with E-state index in [1.807, 2.05) is 12.1 Å². The van der Waals surface area contributed by atoms with E-state index in [9.17, 15) is 8.42 Å². The molecular formula is C16H26N2O2S. The van der Waals surface area contributed by atoms with E-state index in [1.165, 1.54) is 5.56 Å². The topological polar surface area (TPSA) is 58.2 Å². The van der Waals surface area contributed by atoms with E-state index in [-0.39, 0.29) is 0 Å². The standard InChI is InChI=1S/C16H26N2O2S/c1-3-17-10-4-5-14-6-8-16(9-7-14)21(19,20)18-12-15-11-13(15)2/h6-9,13,15,17-18H,3-5,10-12H2,1-2H3. The van der Waals surface area contributed by atoms with Crippen molar-refractivity contribution in [3.8, 4) is 0 Å². The number of benzene rings is 1. The predicted molar refractivity (Wildman–Crippen MR) is 85.8 cm³/mol. The van der Waals surface area contributed by atoms with Crippen molar-refractivity contribution in [1.82, 2.24) is 10.0 Å². The van der Waals surface area contributed by atoms with Gasteiger partial charge in [0.15, 0.2) is 0 Å². The van der Waals surface area contributed by atoms with Crippen molar-refractivity contribution < 1.29 is 8.42 Å². The average molecular weight is 310 g/mol. The van der Waals surface area contributed by atoms with Crippen LogP contribution in [0.4, 0.5) is 0 Å². The fourth-order valence-electron chi connectivity index (χ4n) is 2.41. The maximum Gasteiger partial charge on any atom is 0.240 e.